The molecule has 0 saturated carbocycles. The number of aromatic hydroxyl groups is 1. The number of carboxylic acids is 1. The Morgan fingerprint density at radius 3 is 2.26 bits per heavy atom. The monoisotopic (exact) mass is 615 g/mol. The molecule has 2 rings (SSSR count). The second-order valence-corrected chi connectivity index (χ2v) is 8.13. The van der Waals surface area contributed by atoms with Crippen molar-refractivity contribution in [1.29, 1.82) is 0 Å². The van der Waals surface area contributed by atoms with Gasteiger partial charge < -0.3 is 28.1 Å². The molecule has 0 amide bonds. The van der Waals surface area contributed by atoms with Gasteiger partial charge in [-0.1, -0.05) is 68.0 Å². The normalized spacial score (nSPS) is 10.5. The van der Waals surface area contributed by atoms with E-state index in [0.717, 1.165) is 21.9 Å². The van der Waals surface area contributed by atoms with Gasteiger partial charge in [0.1, 0.15) is 0 Å². The summed E-state index contributed by atoms with van der Waals surface area (Å²) in [5.74, 6) is 5.39. The van der Waals surface area contributed by atoms with E-state index in [-0.39, 0.29) is 41.0 Å². The molecule has 1 unspecified atom stereocenters. The van der Waals surface area contributed by atoms with Crippen molar-refractivity contribution in [3.63, 3.8) is 0 Å². The minimum absolute atomic E-state index is 0. The maximum Gasteiger partial charge on any atom is 2.00 e. The Balaban J connectivity index is 0. The summed E-state index contributed by atoms with van der Waals surface area (Å²) in [7, 11) is 3.72. The molecule has 7 heteroatoms. The van der Waals surface area contributed by atoms with Crippen LogP contribution in [0.3, 0.4) is 0 Å². The van der Waals surface area contributed by atoms with Crippen LogP contribution < -0.4 is 5.01 Å². The molecule has 0 saturated heterocycles. The van der Waals surface area contributed by atoms with Crippen molar-refractivity contribution in [1.82, 2.24) is 0 Å². The van der Waals surface area contributed by atoms with Crippen LogP contribution in [0.15, 0.2) is 36.4 Å². The Morgan fingerprint density at radius 2 is 1.77 bits per heavy atom. The minimum Gasteiger partial charge on any atom is -0.499 e. The molecule has 0 aliphatic carbocycles. The molecule has 3 N–H and O–H groups in total. The van der Waals surface area contributed by atoms with Gasteiger partial charge in [0, 0.05) is 12.0 Å². The van der Waals surface area contributed by atoms with Gasteiger partial charge in [-0.05, 0) is 42.7 Å². The summed E-state index contributed by atoms with van der Waals surface area (Å²) in [6, 6.07) is 11.9. The van der Waals surface area contributed by atoms with Gasteiger partial charge in [-0.3, -0.25) is 4.79 Å². The molecule has 170 valence electrons. The fourth-order valence-electron chi connectivity index (χ4n) is 2.60. The van der Waals surface area contributed by atoms with Gasteiger partial charge in [-0.15, -0.1) is 0 Å². The van der Waals surface area contributed by atoms with Crippen LogP contribution in [0.1, 0.15) is 55.5 Å². The predicted molar refractivity (Wildman–Crippen MR) is 126 cm³/mol. The van der Waals surface area contributed by atoms with E-state index in [2.05, 4.69) is 48.5 Å². The number of benzene rings is 1. The zero-order valence-corrected chi connectivity index (χ0v) is 22.9. The molecule has 0 fully saturated rings. The number of aliphatic carboxylic acids is 1. The molecule has 5 nitrogen and oxygen atoms in total. The number of rotatable bonds is 8. The van der Waals surface area contributed by atoms with Crippen LogP contribution in [-0.2, 0) is 32.3 Å². The Morgan fingerprint density at radius 1 is 1.13 bits per heavy atom. The molecular weight excluding hydrogens is 580 g/mol. The first-order valence-corrected chi connectivity index (χ1v) is 10.7. The van der Waals surface area contributed by atoms with Crippen molar-refractivity contribution < 1.29 is 41.1 Å². The number of aryl methyl sites for hydroxylation is 1. The average Bonchev–Trinajstić information content (AvgIpc) is 3.06. The quantitative estimate of drug-likeness (QED) is 0.179. The Labute approximate surface area is 206 Å². The zero-order valence-electron chi connectivity index (χ0n) is 19.1. The van der Waals surface area contributed by atoms with E-state index in [4.69, 9.17) is 5.11 Å². The molecule has 1 aromatic carbocycles. The van der Waals surface area contributed by atoms with Crippen LogP contribution >= 0.6 is 11.3 Å². The van der Waals surface area contributed by atoms with Gasteiger partial charge in [0.15, 0.2) is 5.06 Å². The molecule has 0 bridgehead atoms. The van der Waals surface area contributed by atoms with Crippen molar-refractivity contribution in [3.8, 4) is 16.9 Å². The number of carboxylic acid groups (broad SMARTS) is 1. The van der Waals surface area contributed by atoms with Crippen LogP contribution in [0.4, 0.5) is 0 Å². The van der Waals surface area contributed by atoms with Gasteiger partial charge in [-0.25, -0.2) is 0 Å². The van der Waals surface area contributed by atoms with Crippen molar-refractivity contribution in [2.24, 2.45) is 0 Å². The molecular formula is C24H35N2O3SW+. The number of hydrogen-bond donors (Lipinski definition) is 3. The molecule has 0 aliphatic rings. The second kappa shape index (κ2) is 18.0. The predicted octanol–water partition coefficient (Wildman–Crippen LogP) is 4.32. The SMILES string of the molecule is CC(CC(=O)O)[N-][NH+](C)C.CCCCCc1ccc(C#Cc2ccc(O)s2)cc1.[CH3-].[W+2]. The Kier molecular flexibility index (Phi) is 18.3. The summed E-state index contributed by atoms with van der Waals surface area (Å²) in [6.45, 7) is 4.02. The van der Waals surface area contributed by atoms with Crippen molar-refractivity contribution in [2.75, 3.05) is 14.1 Å². The minimum atomic E-state index is -0.794. The fourth-order valence-corrected chi connectivity index (χ4v) is 3.20. The van der Waals surface area contributed by atoms with E-state index in [0.29, 0.717) is 5.06 Å². The van der Waals surface area contributed by atoms with Crippen LogP contribution in [-0.4, -0.2) is 36.3 Å². The third-order valence-electron chi connectivity index (χ3n) is 3.89. The Hall–Kier alpha value is -1.64. The maximum atomic E-state index is 10.1. The molecule has 0 spiro atoms. The summed E-state index contributed by atoms with van der Waals surface area (Å²) < 4.78 is 0. The summed E-state index contributed by atoms with van der Waals surface area (Å²) in [5.41, 5.74) is 6.46. The smallest absolute Gasteiger partial charge is 0.499 e. The topological polar surface area (TPSA) is 76.1 Å². The first-order chi connectivity index (χ1) is 13.8. The molecule has 2 aromatic rings. The largest absolute Gasteiger partial charge is 2.00 e. The number of nitrogens with zero attached hydrogens (tertiary/aromatic N) is 1. The summed E-state index contributed by atoms with van der Waals surface area (Å²) in [6.07, 6.45) is 5.09. The number of thiophene rings is 1. The molecule has 0 radical (unpaired) electrons. The molecule has 0 aliphatic heterocycles. The number of quaternary nitrogens is 1. The summed E-state index contributed by atoms with van der Waals surface area (Å²) in [5, 5.41) is 18.8. The number of hydrogen-bond acceptors (Lipinski definition) is 3. The van der Waals surface area contributed by atoms with Gasteiger partial charge in [0.2, 0.25) is 0 Å². The zero-order chi connectivity index (χ0) is 21.6. The number of carbonyl (C=O) groups is 1. The van der Waals surface area contributed by atoms with Gasteiger partial charge in [0.05, 0.1) is 19.0 Å². The average molecular weight is 615 g/mol. The first-order valence-electron chi connectivity index (χ1n) is 9.92. The van der Waals surface area contributed by atoms with E-state index in [1.165, 1.54) is 36.2 Å². The van der Waals surface area contributed by atoms with Crippen LogP contribution in [0, 0.1) is 19.3 Å². The standard InChI is InChI=1S/C17H18OS.C6H14N2O2.CH3.W/c1-2-3-4-5-14-6-8-15(9-7-14)10-11-16-12-13-17(18)19-16;1-5(4-6(9)10)7-8(2)3;;/h6-9,12-13,18H,2-5H2,1H3;5,8H,4H2,1-3H3,(H,9,10);1H3;/q;;-1;+2. The van der Waals surface area contributed by atoms with Crippen molar-refractivity contribution in [3.05, 3.63) is 65.3 Å². The van der Waals surface area contributed by atoms with E-state index in [9.17, 15) is 9.90 Å². The number of nitrogens with one attached hydrogen (secondary N) is 1. The first kappa shape index (κ1) is 31.5. The molecule has 1 heterocycles. The van der Waals surface area contributed by atoms with Gasteiger partial charge in [0.25, 0.3) is 0 Å². The van der Waals surface area contributed by atoms with E-state index >= 15 is 0 Å². The molecule has 1 aromatic heterocycles. The molecule has 31 heavy (non-hydrogen) atoms. The van der Waals surface area contributed by atoms with Crippen molar-refractivity contribution in [2.45, 2.75) is 52.0 Å². The number of unbranched alkanes of at least 4 members (excludes halogenated alkanes) is 2. The van der Waals surface area contributed by atoms with Crippen molar-refractivity contribution >= 4 is 17.3 Å². The third kappa shape index (κ3) is 15.8. The van der Waals surface area contributed by atoms with Crippen LogP contribution in [0.5, 0.6) is 5.06 Å². The van der Waals surface area contributed by atoms with E-state index in [1.807, 2.05) is 20.2 Å². The van der Waals surface area contributed by atoms with Crippen LogP contribution in [0.25, 0.3) is 5.43 Å². The summed E-state index contributed by atoms with van der Waals surface area (Å²) in [4.78, 5) is 11.0. The Bertz CT molecular complexity index is 795. The van der Waals surface area contributed by atoms with Crippen LogP contribution in [0.2, 0.25) is 0 Å². The second-order valence-electron chi connectivity index (χ2n) is 7.07. The van der Waals surface area contributed by atoms with Gasteiger partial charge >= 0.3 is 27.0 Å². The van der Waals surface area contributed by atoms with E-state index in [1.54, 1.807) is 13.0 Å². The van der Waals surface area contributed by atoms with E-state index < -0.39 is 5.97 Å². The maximum absolute atomic E-state index is 10.1. The fraction of sp³-hybridized carbons (Fsp3) is 0.417. The van der Waals surface area contributed by atoms with Gasteiger partial charge in [-0.2, -0.15) is 0 Å². The summed E-state index contributed by atoms with van der Waals surface area (Å²) >= 11 is 1.31. The molecule has 1 atom stereocenters. The third-order valence-corrected chi connectivity index (χ3v) is 4.70.